The summed E-state index contributed by atoms with van der Waals surface area (Å²) in [5.41, 5.74) is 0.0438. The minimum atomic E-state index is -4.28. The first-order chi connectivity index (χ1) is 6.84. The summed E-state index contributed by atoms with van der Waals surface area (Å²) in [4.78, 5) is 0. The predicted molar refractivity (Wildman–Crippen MR) is 62.8 cm³/mol. The molecule has 0 radical (unpaired) electrons. The van der Waals surface area contributed by atoms with Crippen LogP contribution in [-0.4, -0.2) is 0 Å². The molecule has 0 aliphatic carbocycles. The highest BCUT2D eigenvalue weighted by Gasteiger charge is 2.31. The van der Waals surface area contributed by atoms with Gasteiger partial charge in [-0.05, 0) is 52.3 Å². The second kappa shape index (κ2) is 4.55. The van der Waals surface area contributed by atoms with Gasteiger partial charge in [0, 0.05) is 3.57 Å². The lowest BCUT2D eigenvalue weighted by atomic mass is 9.99. The molecule has 0 saturated carbocycles. The van der Waals surface area contributed by atoms with Crippen molar-refractivity contribution < 1.29 is 13.2 Å². The van der Waals surface area contributed by atoms with Crippen LogP contribution in [0.2, 0.25) is 0 Å². The largest absolute Gasteiger partial charge is 0.416 e. The van der Waals surface area contributed by atoms with Crippen molar-refractivity contribution in [1.29, 1.82) is 0 Å². The summed E-state index contributed by atoms with van der Waals surface area (Å²) in [5, 5.41) is 0. The molecule has 0 amide bonds. The summed E-state index contributed by atoms with van der Waals surface area (Å²) in [7, 11) is 0. The number of hydrogen-bond donors (Lipinski definition) is 0. The molecule has 15 heavy (non-hydrogen) atoms. The van der Waals surface area contributed by atoms with Gasteiger partial charge in [0.2, 0.25) is 0 Å². The summed E-state index contributed by atoms with van der Waals surface area (Å²) in [6.45, 7) is 5.39. The molecular weight excluding hydrogens is 316 g/mol. The van der Waals surface area contributed by atoms with E-state index in [1.54, 1.807) is 12.1 Å². The molecule has 0 fully saturated rings. The van der Waals surface area contributed by atoms with Gasteiger partial charge < -0.3 is 0 Å². The fraction of sp³-hybridized carbons (Fsp3) is 0.273. The summed E-state index contributed by atoms with van der Waals surface area (Å²) < 4.78 is 38.0. The molecule has 1 unspecified atom stereocenters. The monoisotopic (exact) mass is 326 g/mol. The quantitative estimate of drug-likeness (QED) is 0.550. The maximum atomic E-state index is 12.5. The maximum absolute atomic E-state index is 12.5. The number of hydrogen-bond acceptors (Lipinski definition) is 0. The average Bonchev–Trinajstić information content (AvgIpc) is 2.14. The second-order valence-electron chi connectivity index (χ2n) is 3.30. The lowest BCUT2D eigenvalue weighted by Gasteiger charge is -2.12. The molecule has 0 heterocycles. The van der Waals surface area contributed by atoms with Crippen molar-refractivity contribution >= 4 is 22.6 Å². The smallest absolute Gasteiger partial charge is 0.166 e. The summed E-state index contributed by atoms with van der Waals surface area (Å²) in [6, 6.07) is 4.05. The first kappa shape index (κ1) is 12.5. The predicted octanol–water partition coefficient (Wildman–Crippen LogP) is 4.60. The van der Waals surface area contributed by atoms with Crippen molar-refractivity contribution in [3.05, 3.63) is 45.6 Å². The lowest BCUT2D eigenvalue weighted by molar-refractivity contribution is -0.137. The third-order valence-electron chi connectivity index (χ3n) is 2.13. The molecule has 0 spiro atoms. The molecular formula is C11H10F3I. The molecule has 4 heteroatoms. The first-order valence-corrected chi connectivity index (χ1v) is 5.42. The molecule has 1 atom stereocenters. The lowest BCUT2D eigenvalue weighted by Crippen LogP contribution is -2.06. The minimum absolute atomic E-state index is 0.0687. The van der Waals surface area contributed by atoms with Gasteiger partial charge in [0.25, 0.3) is 0 Å². The Hall–Kier alpha value is -0.520. The Morgan fingerprint density at radius 3 is 2.40 bits per heavy atom. The van der Waals surface area contributed by atoms with Crippen molar-refractivity contribution in [2.75, 3.05) is 0 Å². The molecule has 1 aromatic rings. The fourth-order valence-electron chi connectivity index (χ4n) is 1.17. The fourth-order valence-corrected chi connectivity index (χ4v) is 1.87. The highest BCUT2D eigenvalue weighted by atomic mass is 127. The highest BCUT2D eigenvalue weighted by Crippen LogP contribution is 2.32. The number of rotatable bonds is 2. The Morgan fingerprint density at radius 2 is 1.93 bits per heavy atom. The SMILES string of the molecule is C=CC(C)c1cc(I)cc(C(F)(F)F)c1. The van der Waals surface area contributed by atoms with Crippen LogP contribution in [0.3, 0.4) is 0 Å². The Bertz CT molecular complexity index is 369. The van der Waals surface area contributed by atoms with E-state index >= 15 is 0 Å². The van der Waals surface area contributed by atoms with E-state index in [9.17, 15) is 13.2 Å². The van der Waals surface area contributed by atoms with Crippen LogP contribution in [0.25, 0.3) is 0 Å². The zero-order valence-corrected chi connectivity index (χ0v) is 10.3. The Kier molecular flexibility index (Phi) is 3.81. The average molecular weight is 326 g/mol. The molecule has 0 bridgehead atoms. The molecule has 1 rings (SSSR count). The minimum Gasteiger partial charge on any atom is -0.166 e. The van der Waals surface area contributed by atoms with Crippen LogP contribution in [0, 0.1) is 3.57 Å². The number of alkyl halides is 3. The van der Waals surface area contributed by atoms with E-state index in [0.717, 1.165) is 6.07 Å². The molecule has 0 aliphatic heterocycles. The Morgan fingerprint density at radius 1 is 1.33 bits per heavy atom. The van der Waals surface area contributed by atoms with E-state index < -0.39 is 11.7 Å². The first-order valence-electron chi connectivity index (χ1n) is 4.35. The standard InChI is InChI=1S/C11H10F3I/c1-3-7(2)8-4-9(11(12,13)14)6-10(15)5-8/h3-7H,1H2,2H3. The van der Waals surface area contributed by atoms with Crippen molar-refractivity contribution in [3.8, 4) is 0 Å². The zero-order valence-electron chi connectivity index (χ0n) is 8.11. The van der Waals surface area contributed by atoms with Gasteiger partial charge in [0.1, 0.15) is 0 Å². The van der Waals surface area contributed by atoms with Gasteiger partial charge in [-0.15, -0.1) is 6.58 Å². The highest BCUT2D eigenvalue weighted by molar-refractivity contribution is 14.1. The zero-order chi connectivity index (χ0) is 11.6. The van der Waals surface area contributed by atoms with E-state index in [1.165, 1.54) is 6.07 Å². The van der Waals surface area contributed by atoms with Crippen LogP contribution >= 0.6 is 22.6 Å². The van der Waals surface area contributed by atoms with Gasteiger partial charge in [-0.25, -0.2) is 0 Å². The van der Waals surface area contributed by atoms with Crippen molar-refractivity contribution in [2.24, 2.45) is 0 Å². The summed E-state index contributed by atoms with van der Waals surface area (Å²) in [5.74, 6) is -0.0687. The molecule has 0 aliphatic rings. The van der Waals surface area contributed by atoms with E-state index in [4.69, 9.17) is 0 Å². The maximum Gasteiger partial charge on any atom is 0.416 e. The molecule has 1 aromatic carbocycles. The molecule has 0 saturated heterocycles. The molecule has 0 N–H and O–H groups in total. The normalized spacial score (nSPS) is 13.7. The van der Waals surface area contributed by atoms with Crippen LogP contribution in [0.15, 0.2) is 30.9 Å². The topological polar surface area (TPSA) is 0 Å². The Labute approximate surface area is 100 Å². The van der Waals surface area contributed by atoms with Gasteiger partial charge in [0.05, 0.1) is 5.56 Å². The molecule has 82 valence electrons. The van der Waals surface area contributed by atoms with Crippen molar-refractivity contribution in [2.45, 2.75) is 19.0 Å². The summed E-state index contributed by atoms with van der Waals surface area (Å²) >= 11 is 1.89. The Balaban J connectivity index is 3.22. The van der Waals surface area contributed by atoms with Gasteiger partial charge in [-0.1, -0.05) is 13.0 Å². The van der Waals surface area contributed by atoms with Crippen molar-refractivity contribution in [1.82, 2.24) is 0 Å². The third-order valence-corrected chi connectivity index (χ3v) is 2.75. The third kappa shape index (κ3) is 3.22. The molecule has 0 nitrogen and oxygen atoms in total. The summed E-state index contributed by atoms with van der Waals surface area (Å²) in [6.07, 6.45) is -2.65. The second-order valence-corrected chi connectivity index (χ2v) is 4.54. The van der Waals surface area contributed by atoms with Gasteiger partial charge >= 0.3 is 6.18 Å². The van der Waals surface area contributed by atoms with Crippen LogP contribution < -0.4 is 0 Å². The van der Waals surface area contributed by atoms with Crippen LogP contribution in [0.4, 0.5) is 13.2 Å². The number of allylic oxidation sites excluding steroid dienone is 1. The van der Waals surface area contributed by atoms with Crippen LogP contribution in [0.1, 0.15) is 24.0 Å². The van der Waals surface area contributed by atoms with E-state index in [2.05, 4.69) is 6.58 Å². The van der Waals surface area contributed by atoms with Gasteiger partial charge in [-0.2, -0.15) is 13.2 Å². The van der Waals surface area contributed by atoms with E-state index in [-0.39, 0.29) is 5.92 Å². The number of benzene rings is 1. The van der Waals surface area contributed by atoms with Crippen LogP contribution in [-0.2, 0) is 6.18 Å². The van der Waals surface area contributed by atoms with Gasteiger partial charge in [0.15, 0.2) is 0 Å². The van der Waals surface area contributed by atoms with Crippen molar-refractivity contribution in [3.63, 3.8) is 0 Å². The van der Waals surface area contributed by atoms with E-state index in [1.807, 2.05) is 29.5 Å². The number of halogens is 4. The molecule has 0 aromatic heterocycles. The van der Waals surface area contributed by atoms with Gasteiger partial charge in [-0.3, -0.25) is 0 Å². The van der Waals surface area contributed by atoms with E-state index in [0.29, 0.717) is 9.13 Å². The van der Waals surface area contributed by atoms with Crippen LogP contribution in [0.5, 0.6) is 0 Å².